The largest absolute Gasteiger partial charge is 0.466 e. The number of nitrogens with zero attached hydrogens (tertiary/aromatic N) is 2. The topological polar surface area (TPSA) is 88.1 Å². The molecule has 34 heavy (non-hydrogen) atoms. The summed E-state index contributed by atoms with van der Waals surface area (Å²) in [5.41, 5.74) is 1.38. The monoisotopic (exact) mass is 487 g/mol. The second-order valence-electron chi connectivity index (χ2n) is 10.3. The molecule has 1 heterocycles. The summed E-state index contributed by atoms with van der Waals surface area (Å²) in [5, 5.41) is 23.5. The lowest BCUT2D eigenvalue weighted by molar-refractivity contribution is -0.143. The van der Waals surface area contributed by atoms with Gasteiger partial charge in [0, 0.05) is 22.9 Å². The summed E-state index contributed by atoms with van der Waals surface area (Å²) < 4.78 is 5.43. The van der Waals surface area contributed by atoms with E-state index in [0.29, 0.717) is 35.5 Å². The fraction of sp³-hybridized carbons (Fsp3) is 0.593. The Bertz CT molecular complexity index is 1040. The molecule has 0 bridgehead atoms. The molecule has 0 saturated carbocycles. The predicted molar refractivity (Wildman–Crippen MR) is 137 cm³/mol. The van der Waals surface area contributed by atoms with Gasteiger partial charge < -0.3 is 9.84 Å². The van der Waals surface area contributed by atoms with Crippen LogP contribution in [0.2, 0.25) is 5.02 Å². The number of aromatic amines is 1. The molecule has 3 rings (SSSR count). The van der Waals surface area contributed by atoms with Gasteiger partial charge in [-0.3, -0.25) is 4.79 Å². The van der Waals surface area contributed by atoms with Crippen LogP contribution >= 0.6 is 11.6 Å². The molecule has 2 aromatic rings. The number of aromatic nitrogens is 3. The van der Waals surface area contributed by atoms with Crippen molar-refractivity contribution in [2.24, 2.45) is 5.41 Å². The number of rotatable bonds is 11. The van der Waals surface area contributed by atoms with Gasteiger partial charge in [-0.1, -0.05) is 95.2 Å². The smallest absolute Gasteiger partial charge is 0.306 e. The highest BCUT2D eigenvalue weighted by Crippen LogP contribution is 2.49. The average molecular weight is 488 g/mol. The van der Waals surface area contributed by atoms with Crippen molar-refractivity contribution in [3.8, 4) is 0 Å². The second-order valence-corrected chi connectivity index (χ2v) is 10.7. The zero-order valence-corrected chi connectivity index (χ0v) is 21.6. The molecule has 1 aromatic carbocycles. The summed E-state index contributed by atoms with van der Waals surface area (Å²) in [5.74, 6) is -0.624. The number of benzene rings is 1. The van der Waals surface area contributed by atoms with E-state index in [1.54, 1.807) is 6.07 Å². The fourth-order valence-electron chi connectivity index (χ4n) is 4.51. The number of H-pyrrole nitrogens is 1. The standard InChI is InChI=1S/C27H38ClN3O3/c1-5-6-7-8-9-10-17-34-23(32)14-11-19-15-16-27(33,26(2,3)4)20(18-19)24-21(28)12-13-22-25(24)30-31-29-22/h12-13,15-16,18,20,33H,5-11,14,17H2,1-4H3,(H,29,30,31). The van der Waals surface area contributed by atoms with Gasteiger partial charge >= 0.3 is 5.97 Å². The van der Waals surface area contributed by atoms with Crippen LogP contribution in [0.25, 0.3) is 11.0 Å². The van der Waals surface area contributed by atoms with E-state index in [0.717, 1.165) is 24.0 Å². The van der Waals surface area contributed by atoms with Crippen LogP contribution in [-0.2, 0) is 9.53 Å². The number of nitrogens with one attached hydrogen (secondary N) is 1. The number of carbonyl (C=O) groups excluding carboxylic acids is 1. The third-order valence-electron chi connectivity index (χ3n) is 6.77. The van der Waals surface area contributed by atoms with E-state index < -0.39 is 16.9 Å². The first kappa shape index (κ1) is 26.4. The summed E-state index contributed by atoms with van der Waals surface area (Å²) >= 11 is 6.64. The van der Waals surface area contributed by atoms with E-state index in [1.807, 2.05) is 45.1 Å². The van der Waals surface area contributed by atoms with Gasteiger partial charge in [0.15, 0.2) is 0 Å². The minimum absolute atomic E-state index is 0.187. The van der Waals surface area contributed by atoms with Crippen molar-refractivity contribution in [2.45, 2.75) is 90.6 Å². The van der Waals surface area contributed by atoms with Gasteiger partial charge in [0.1, 0.15) is 11.0 Å². The van der Waals surface area contributed by atoms with Gasteiger partial charge in [-0.2, -0.15) is 15.4 Å². The lowest BCUT2D eigenvalue weighted by Crippen LogP contribution is -2.47. The molecule has 0 amide bonds. The minimum atomic E-state index is -1.19. The lowest BCUT2D eigenvalue weighted by Gasteiger charge is -2.45. The molecule has 0 aliphatic heterocycles. The van der Waals surface area contributed by atoms with E-state index in [-0.39, 0.29) is 5.97 Å². The van der Waals surface area contributed by atoms with Crippen molar-refractivity contribution in [2.75, 3.05) is 6.61 Å². The number of carbonyl (C=O) groups is 1. The highest BCUT2D eigenvalue weighted by Gasteiger charge is 2.47. The number of unbranched alkanes of at least 4 members (excludes halogenated alkanes) is 5. The maximum atomic E-state index is 12.3. The maximum absolute atomic E-state index is 12.3. The van der Waals surface area contributed by atoms with Crippen molar-refractivity contribution in [1.82, 2.24) is 15.4 Å². The van der Waals surface area contributed by atoms with E-state index >= 15 is 0 Å². The Balaban J connectivity index is 1.70. The molecule has 2 atom stereocenters. The Morgan fingerprint density at radius 1 is 1.18 bits per heavy atom. The summed E-state index contributed by atoms with van der Waals surface area (Å²) in [6.45, 7) is 8.68. The molecule has 6 nitrogen and oxygen atoms in total. The molecular formula is C27H38ClN3O3. The van der Waals surface area contributed by atoms with Crippen LogP contribution in [0.5, 0.6) is 0 Å². The first-order chi connectivity index (χ1) is 16.2. The summed E-state index contributed by atoms with van der Waals surface area (Å²) in [7, 11) is 0. The van der Waals surface area contributed by atoms with Gasteiger partial charge in [0.2, 0.25) is 0 Å². The Kier molecular flexibility index (Phi) is 8.94. The van der Waals surface area contributed by atoms with E-state index in [1.165, 1.54) is 25.7 Å². The van der Waals surface area contributed by atoms with Crippen LogP contribution in [0.15, 0.2) is 35.9 Å². The highest BCUT2D eigenvalue weighted by atomic mass is 35.5. The van der Waals surface area contributed by atoms with E-state index in [4.69, 9.17) is 16.3 Å². The number of allylic oxidation sites excluding steroid dienone is 2. The third kappa shape index (κ3) is 6.08. The zero-order valence-electron chi connectivity index (χ0n) is 20.9. The van der Waals surface area contributed by atoms with Crippen molar-refractivity contribution in [3.05, 3.63) is 46.5 Å². The van der Waals surface area contributed by atoms with Gasteiger partial charge in [-0.25, -0.2) is 0 Å². The molecule has 186 valence electrons. The number of fused-ring (bicyclic) bond motifs is 1. The Labute approximate surface area is 207 Å². The van der Waals surface area contributed by atoms with E-state index in [2.05, 4.69) is 22.3 Å². The molecule has 2 N–H and O–H groups in total. The van der Waals surface area contributed by atoms with Gasteiger partial charge in [-0.05, 0) is 30.4 Å². The fourth-order valence-corrected chi connectivity index (χ4v) is 4.78. The van der Waals surface area contributed by atoms with Crippen LogP contribution in [0.1, 0.15) is 90.5 Å². The number of halogens is 1. The van der Waals surface area contributed by atoms with Crippen LogP contribution in [-0.4, -0.2) is 38.7 Å². The SMILES string of the molecule is CCCCCCCCOC(=O)CCC1=CC(c2c(Cl)ccc3n[nH]nc23)C(O)(C(C)(C)C)C=C1. The summed E-state index contributed by atoms with van der Waals surface area (Å²) in [6, 6.07) is 3.60. The predicted octanol–water partition coefficient (Wildman–Crippen LogP) is 6.65. The Morgan fingerprint density at radius 3 is 2.65 bits per heavy atom. The molecule has 0 fully saturated rings. The minimum Gasteiger partial charge on any atom is -0.466 e. The van der Waals surface area contributed by atoms with Crippen LogP contribution in [0.3, 0.4) is 0 Å². The molecular weight excluding hydrogens is 450 g/mol. The number of hydrogen-bond acceptors (Lipinski definition) is 5. The number of esters is 1. The molecule has 1 aromatic heterocycles. The number of aliphatic hydroxyl groups is 1. The second kappa shape index (κ2) is 11.5. The zero-order chi connectivity index (χ0) is 24.8. The Hall–Kier alpha value is -2.18. The molecule has 7 heteroatoms. The molecule has 0 spiro atoms. The van der Waals surface area contributed by atoms with Crippen molar-refractivity contribution >= 4 is 28.6 Å². The van der Waals surface area contributed by atoms with Crippen LogP contribution in [0, 0.1) is 5.41 Å². The van der Waals surface area contributed by atoms with Gasteiger partial charge in [0.05, 0.1) is 12.2 Å². The first-order valence-electron chi connectivity index (χ1n) is 12.4. The van der Waals surface area contributed by atoms with Gasteiger partial charge in [0.25, 0.3) is 0 Å². The quantitative estimate of drug-likeness (QED) is 0.273. The normalized spacial score (nSPS) is 20.5. The molecule has 2 unspecified atom stereocenters. The summed E-state index contributed by atoms with van der Waals surface area (Å²) in [4.78, 5) is 12.3. The van der Waals surface area contributed by atoms with Crippen molar-refractivity contribution < 1.29 is 14.6 Å². The van der Waals surface area contributed by atoms with Crippen molar-refractivity contribution in [3.63, 3.8) is 0 Å². The average Bonchev–Trinajstić information content (AvgIpc) is 3.26. The van der Waals surface area contributed by atoms with Crippen molar-refractivity contribution in [1.29, 1.82) is 0 Å². The summed E-state index contributed by atoms with van der Waals surface area (Å²) in [6.07, 6.45) is 13.6. The number of ether oxygens (including phenoxy) is 1. The molecule has 0 saturated heterocycles. The van der Waals surface area contributed by atoms with Crippen LogP contribution in [0.4, 0.5) is 0 Å². The number of hydrogen-bond donors (Lipinski definition) is 2. The maximum Gasteiger partial charge on any atom is 0.306 e. The van der Waals surface area contributed by atoms with E-state index in [9.17, 15) is 9.90 Å². The van der Waals surface area contributed by atoms with Crippen LogP contribution < -0.4 is 0 Å². The molecule has 1 aliphatic carbocycles. The Morgan fingerprint density at radius 2 is 1.91 bits per heavy atom. The lowest BCUT2D eigenvalue weighted by atomic mass is 9.64. The first-order valence-corrected chi connectivity index (χ1v) is 12.8. The molecule has 1 aliphatic rings. The highest BCUT2D eigenvalue weighted by molar-refractivity contribution is 6.32. The molecule has 0 radical (unpaired) electrons. The van der Waals surface area contributed by atoms with Gasteiger partial charge in [-0.15, -0.1) is 0 Å². The third-order valence-corrected chi connectivity index (χ3v) is 7.10.